The molecule has 0 unspecified atom stereocenters. The molecular weight excluding hydrogens is 477 g/mol. The Morgan fingerprint density at radius 2 is 1.92 bits per heavy atom. The molecule has 37 heavy (non-hydrogen) atoms. The van der Waals surface area contributed by atoms with Crippen molar-refractivity contribution >= 4 is 40.1 Å². The molecule has 1 aliphatic heterocycles. The summed E-state index contributed by atoms with van der Waals surface area (Å²) in [5, 5.41) is 5.64. The molecule has 3 aromatic heterocycles. The molecular formula is C25H24FN9O2. The van der Waals surface area contributed by atoms with Gasteiger partial charge in [0.05, 0.1) is 5.69 Å². The Morgan fingerprint density at radius 3 is 2.68 bits per heavy atom. The van der Waals surface area contributed by atoms with E-state index in [1.807, 2.05) is 6.07 Å². The topological polar surface area (TPSA) is 121 Å². The minimum atomic E-state index is -0.517. The third-order valence-corrected chi connectivity index (χ3v) is 6.00. The van der Waals surface area contributed by atoms with Gasteiger partial charge >= 0.3 is 0 Å². The van der Waals surface area contributed by atoms with Gasteiger partial charge in [0.1, 0.15) is 29.2 Å². The number of halogens is 1. The fraction of sp³-hybridized carbons (Fsp3) is 0.200. The van der Waals surface area contributed by atoms with E-state index >= 15 is 0 Å². The van der Waals surface area contributed by atoms with E-state index < -0.39 is 17.3 Å². The van der Waals surface area contributed by atoms with Crippen LogP contribution in [0.5, 0.6) is 0 Å². The van der Waals surface area contributed by atoms with E-state index in [2.05, 4.69) is 54.0 Å². The van der Waals surface area contributed by atoms with Gasteiger partial charge in [-0.3, -0.25) is 14.2 Å². The van der Waals surface area contributed by atoms with Crippen LogP contribution in [0.1, 0.15) is 0 Å². The van der Waals surface area contributed by atoms with E-state index in [0.717, 1.165) is 37.9 Å². The highest BCUT2D eigenvalue weighted by Gasteiger charge is 2.17. The first kappa shape index (κ1) is 24.0. The number of pyridine rings is 1. The lowest BCUT2D eigenvalue weighted by atomic mass is 10.2. The summed E-state index contributed by atoms with van der Waals surface area (Å²) in [6.45, 7) is 6.92. The average molecular weight is 502 g/mol. The normalized spacial score (nSPS) is 13.9. The smallest absolute Gasteiger partial charge is 0.283 e. The molecule has 188 valence electrons. The van der Waals surface area contributed by atoms with Gasteiger partial charge in [-0.2, -0.15) is 9.97 Å². The highest BCUT2D eigenvalue weighted by Crippen LogP contribution is 2.25. The van der Waals surface area contributed by atoms with Gasteiger partial charge in [-0.05, 0) is 43.5 Å². The average Bonchev–Trinajstić information content (AvgIpc) is 2.90. The van der Waals surface area contributed by atoms with Gasteiger partial charge in [-0.1, -0.05) is 12.6 Å². The zero-order valence-electron chi connectivity index (χ0n) is 20.1. The van der Waals surface area contributed by atoms with Crippen molar-refractivity contribution in [3.05, 3.63) is 77.7 Å². The number of hydrogen-bond donors (Lipinski definition) is 2. The van der Waals surface area contributed by atoms with Gasteiger partial charge in [0.25, 0.3) is 5.56 Å². The van der Waals surface area contributed by atoms with Crippen LogP contribution < -0.4 is 21.1 Å². The summed E-state index contributed by atoms with van der Waals surface area (Å²) in [7, 11) is 2.07. The number of rotatable bonds is 6. The van der Waals surface area contributed by atoms with E-state index in [9.17, 15) is 14.0 Å². The van der Waals surface area contributed by atoms with Crippen LogP contribution in [0.15, 0.2) is 66.4 Å². The maximum atomic E-state index is 15.0. The molecule has 12 heteroatoms. The van der Waals surface area contributed by atoms with Crippen molar-refractivity contribution in [2.75, 3.05) is 48.8 Å². The molecule has 0 atom stereocenters. The summed E-state index contributed by atoms with van der Waals surface area (Å²) in [6, 6.07) is 9.94. The molecule has 0 spiro atoms. The zero-order chi connectivity index (χ0) is 25.9. The molecule has 0 saturated carbocycles. The lowest BCUT2D eigenvalue weighted by Gasteiger charge is -2.34. The van der Waals surface area contributed by atoms with Crippen molar-refractivity contribution in [2.45, 2.75) is 0 Å². The van der Waals surface area contributed by atoms with Crippen molar-refractivity contribution in [1.82, 2.24) is 29.4 Å². The summed E-state index contributed by atoms with van der Waals surface area (Å²) in [5.41, 5.74) is 0.709. The molecule has 0 radical (unpaired) electrons. The number of piperazine rings is 1. The second-order valence-corrected chi connectivity index (χ2v) is 8.50. The van der Waals surface area contributed by atoms with Gasteiger partial charge in [-0.15, -0.1) is 0 Å². The number of fused-ring (bicyclic) bond motifs is 1. The standard InChI is InChI=1S/C25H24FN9O2/c1-3-22(36)31-20-5-4-6-21(30-20)35-15-28-24(37)17-14-27-25(32-23(17)35)29-19-8-7-16(13-18(19)26)34-11-9-33(2)10-12-34/h3-8,13-15H,1,9-12H2,2H3,(H,27,29,32)(H,30,31,36). The predicted octanol–water partition coefficient (Wildman–Crippen LogP) is 2.33. The third kappa shape index (κ3) is 5.14. The second-order valence-electron chi connectivity index (χ2n) is 8.50. The van der Waals surface area contributed by atoms with Gasteiger partial charge in [0, 0.05) is 38.1 Å². The maximum Gasteiger partial charge on any atom is 0.283 e. The van der Waals surface area contributed by atoms with Crippen LogP contribution >= 0.6 is 0 Å². The number of carbonyl (C=O) groups is 1. The second kappa shape index (κ2) is 10.1. The SMILES string of the molecule is C=CC(=O)Nc1cccc(-n2cnc(=O)c3cnc(Nc4ccc(N5CCN(C)CC5)cc4F)nc32)n1. The van der Waals surface area contributed by atoms with Crippen LogP contribution in [0.25, 0.3) is 16.9 Å². The predicted molar refractivity (Wildman–Crippen MR) is 139 cm³/mol. The van der Waals surface area contributed by atoms with Gasteiger partial charge in [-0.25, -0.2) is 14.4 Å². The largest absolute Gasteiger partial charge is 0.369 e. The summed E-state index contributed by atoms with van der Waals surface area (Å²) < 4.78 is 16.5. The van der Waals surface area contributed by atoms with Crippen LogP contribution in [0, 0.1) is 5.82 Å². The van der Waals surface area contributed by atoms with Crippen molar-refractivity contribution in [3.8, 4) is 5.82 Å². The van der Waals surface area contributed by atoms with E-state index in [-0.39, 0.29) is 28.5 Å². The van der Waals surface area contributed by atoms with E-state index in [4.69, 9.17) is 0 Å². The summed E-state index contributed by atoms with van der Waals surface area (Å²) >= 11 is 0. The Labute approximate surface area is 211 Å². The number of hydrogen-bond acceptors (Lipinski definition) is 9. The summed E-state index contributed by atoms with van der Waals surface area (Å²) in [6.07, 6.45) is 3.75. The molecule has 1 aliphatic rings. The number of aromatic nitrogens is 5. The number of nitrogens with zero attached hydrogens (tertiary/aromatic N) is 7. The molecule has 4 heterocycles. The minimum absolute atomic E-state index is 0.0919. The Kier molecular flexibility index (Phi) is 6.56. The third-order valence-electron chi connectivity index (χ3n) is 6.00. The zero-order valence-corrected chi connectivity index (χ0v) is 20.1. The number of anilines is 4. The molecule has 4 aromatic rings. The van der Waals surface area contributed by atoms with Gasteiger partial charge in [0.2, 0.25) is 11.9 Å². The van der Waals surface area contributed by atoms with Crippen LogP contribution in [0.2, 0.25) is 0 Å². The van der Waals surface area contributed by atoms with Crippen LogP contribution in [-0.2, 0) is 4.79 Å². The molecule has 5 rings (SSSR count). The van der Waals surface area contributed by atoms with Crippen LogP contribution in [0.4, 0.5) is 27.5 Å². The fourth-order valence-electron chi connectivity index (χ4n) is 3.96. The molecule has 0 aliphatic carbocycles. The number of benzene rings is 1. The van der Waals surface area contributed by atoms with Crippen molar-refractivity contribution in [3.63, 3.8) is 0 Å². The Bertz CT molecular complexity index is 1550. The lowest BCUT2D eigenvalue weighted by Crippen LogP contribution is -2.44. The number of nitrogens with one attached hydrogen (secondary N) is 2. The van der Waals surface area contributed by atoms with E-state index in [0.29, 0.717) is 5.82 Å². The van der Waals surface area contributed by atoms with Crippen molar-refractivity contribution in [2.24, 2.45) is 0 Å². The molecule has 1 saturated heterocycles. The number of likely N-dealkylation sites (N-methyl/N-ethyl adjacent to an activating group) is 1. The van der Waals surface area contributed by atoms with Gasteiger partial charge < -0.3 is 20.4 Å². The highest BCUT2D eigenvalue weighted by molar-refractivity contribution is 5.98. The molecule has 11 nitrogen and oxygen atoms in total. The molecule has 2 N–H and O–H groups in total. The van der Waals surface area contributed by atoms with Crippen molar-refractivity contribution < 1.29 is 9.18 Å². The summed E-state index contributed by atoms with van der Waals surface area (Å²) in [5.74, 6) is -0.133. The van der Waals surface area contributed by atoms with E-state index in [1.54, 1.807) is 24.3 Å². The monoisotopic (exact) mass is 501 g/mol. The first-order chi connectivity index (χ1) is 17.9. The van der Waals surface area contributed by atoms with E-state index in [1.165, 1.54) is 23.2 Å². The molecule has 0 bridgehead atoms. The maximum absolute atomic E-state index is 15.0. The molecule has 1 aromatic carbocycles. The Morgan fingerprint density at radius 1 is 1.11 bits per heavy atom. The van der Waals surface area contributed by atoms with Crippen molar-refractivity contribution in [1.29, 1.82) is 0 Å². The van der Waals surface area contributed by atoms with Gasteiger partial charge in [0.15, 0.2) is 5.65 Å². The Balaban J connectivity index is 1.46. The fourth-order valence-corrected chi connectivity index (χ4v) is 3.96. The first-order valence-electron chi connectivity index (χ1n) is 11.6. The number of carbonyl (C=O) groups excluding carboxylic acids is 1. The Hall–Kier alpha value is -4.71. The lowest BCUT2D eigenvalue weighted by molar-refractivity contribution is -0.111. The highest BCUT2D eigenvalue weighted by atomic mass is 19.1. The minimum Gasteiger partial charge on any atom is -0.369 e. The summed E-state index contributed by atoms with van der Waals surface area (Å²) in [4.78, 5) is 45.3. The van der Waals surface area contributed by atoms with Crippen LogP contribution in [0.3, 0.4) is 0 Å². The van der Waals surface area contributed by atoms with Crippen LogP contribution in [-0.4, -0.2) is 68.5 Å². The first-order valence-corrected chi connectivity index (χ1v) is 11.6. The quantitative estimate of drug-likeness (QED) is 0.384. The molecule has 1 fully saturated rings. The molecule has 1 amide bonds. The number of amides is 1.